The van der Waals surface area contributed by atoms with Crippen LogP contribution < -0.4 is 5.32 Å². The number of anilines is 1. The summed E-state index contributed by atoms with van der Waals surface area (Å²) in [4.78, 5) is 11.3. The Balaban J connectivity index is 2.53. The van der Waals surface area contributed by atoms with E-state index in [9.17, 15) is 13.6 Å². The predicted octanol–water partition coefficient (Wildman–Crippen LogP) is 3.03. The summed E-state index contributed by atoms with van der Waals surface area (Å²) in [6, 6.07) is 2.50. The number of ether oxygens (including phenoxy) is 1. The first-order valence-electron chi connectivity index (χ1n) is 5.90. The summed E-state index contributed by atoms with van der Waals surface area (Å²) in [6.45, 7) is 3.58. The standard InChI is InChI=1S/C13H17F2NO2/c1-3-4-7-18-11(17)8-16-13-10(14)6-5-9(2)12(13)15/h5-6,16H,3-4,7-8H2,1-2H3. The monoisotopic (exact) mass is 257 g/mol. The summed E-state index contributed by atoms with van der Waals surface area (Å²) in [6.07, 6.45) is 1.70. The number of esters is 1. The zero-order valence-corrected chi connectivity index (χ0v) is 10.6. The molecule has 0 spiro atoms. The number of carbonyl (C=O) groups is 1. The van der Waals surface area contributed by atoms with E-state index >= 15 is 0 Å². The highest BCUT2D eigenvalue weighted by Crippen LogP contribution is 2.21. The number of nitrogens with one attached hydrogen (secondary N) is 1. The second kappa shape index (κ2) is 6.93. The van der Waals surface area contributed by atoms with Crippen molar-refractivity contribution in [2.24, 2.45) is 0 Å². The molecule has 1 aromatic rings. The number of unbranched alkanes of at least 4 members (excludes halogenated alkanes) is 1. The SMILES string of the molecule is CCCCOC(=O)CNc1c(F)ccc(C)c1F. The average Bonchev–Trinajstić information content (AvgIpc) is 2.34. The van der Waals surface area contributed by atoms with Gasteiger partial charge in [-0.25, -0.2) is 8.78 Å². The van der Waals surface area contributed by atoms with Gasteiger partial charge in [-0.1, -0.05) is 19.4 Å². The fraction of sp³-hybridized carbons (Fsp3) is 0.462. The fourth-order valence-corrected chi connectivity index (χ4v) is 1.36. The smallest absolute Gasteiger partial charge is 0.325 e. The van der Waals surface area contributed by atoms with Crippen LogP contribution in [0.3, 0.4) is 0 Å². The first kappa shape index (κ1) is 14.4. The largest absolute Gasteiger partial charge is 0.464 e. The van der Waals surface area contributed by atoms with Gasteiger partial charge >= 0.3 is 5.97 Å². The lowest BCUT2D eigenvalue weighted by molar-refractivity contribution is -0.141. The zero-order valence-electron chi connectivity index (χ0n) is 10.6. The van der Waals surface area contributed by atoms with Gasteiger partial charge in [0.15, 0.2) is 5.82 Å². The molecular formula is C13H17F2NO2. The quantitative estimate of drug-likeness (QED) is 0.629. The van der Waals surface area contributed by atoms with Gasteiger partial charge in [0, 0.05) is 0 Å². The van der Waals surface area contributed by atoms with Gasteiger partial charge in [-0.05, 0) is 25.0 Å². The number of rotatable bonds is 6. The molecule has 0 aliphatic carbocycles. The van der Waals surface area contributed by atoms with E-state index in [-0.39, 0.29) is 12.2 Å². The molecule has 18 heavy (non-hydrogen) atoms. The van der Waals surface area contributed by atoms with Crippen LogP contribution in [0.2, 0.25) is 0 Å². The molecule has 0 bridgehead atoms. The number of carbonyl (C=O) groups excluding carboxylic acids is 1. The van der Waals surface area contributed by atoms with Crippen LogP contribution in [0, 0.1) is 18.6 Å². The van der Waals surface area contributed by atoms with Crippen LogP contribution in [0.25, 0.3) is 0 Å². The minimum absolute atomic E-state index is 0.249. The molecule has 1 rings (SSSR count). The summed E-state index contributed by atoms with van der Waals surface area (Å²) in [5.41, 5.74) is 0.0284. The lowest BCUT2D eigenvalue weighted by atomic mass is 10.2. The van der Waals surface area contributed by atoms with Crippen molar-refractivity contribution in [2.75, 3.05) is 18.5 Å². The molecule has 0 saturated heterocycles. The Labute approximate surface area is 105 Å². The Morgan fingerprint density at radius 3 is 2.78 bits per heavy atom. The van der Waals surface area contributed by atoms with E-state index in [0.29, 0.717) is 12.2 Å². The zero-order chi connectivity index (χ0) is 13.5. The summed E-state index contributed by atoms with van der Waals surface area (Å²) in [5, 5.41) is 2.42. The minimum atomic E-state index is -0.723. The third-order valence-electron chi connectivity index (χ3n) is 2.45. The van der Waals surface area contributed by atoms with Crippen molar-refractivity contribution in [3.05, 3.63) is 29.3 Å². The third kappa shape index (κ3) is 3.98. The van der Waals surface area contributed by atoms with E-state index in [2.05, 4.69) is 5.32 Å². The van der Waals surface area contributed by atoms with Crippen LogP contribution in [-0.4, -0.2) is 19.1 Å². The number of benzene rings is 1. The van der Waals surface area contributed by atoms with Gasteiger partial charge in [0.2, 0.25) is 0 Å². The Kier molecular flexibility index (Phi) is 5.55. The topological polar surface area (TPSA) is 38.3 Å². The fourth-order valence-electron chi connectivity index (χ4n) is 1.36. The summed E-state index contributed by atoms with van der Waals surface area (Å²) < 4.78 is 31.8. The normalized spacial score (nSPS) is 10.2. The van der Waals surface area contributed by atoms with Gasteiger partial charge in [-0.2, -0.15) is 0 Å². The number of hydrogen-bond acceptors (Lipinski definition) is 3. The van der Waals surface area contributed by atoms with Gasteiger partial charge in [0.1, 0.15) is 18.0 Å². The number of hydrogen-bond donors (Lipinski definition) is 1. The van der Waals surface area contributed by atoms with Crippen LogP contribution in [0.1, 0.15) is 25.3 Å². The van der Waals surface area contributed by atoms with Crippen LogP contribution >= 0.6 is 0 Å². The maximum Gasteiger partial charge on any atom is 0.325 e. The predicted molar refractivity (Wildman–Crippen MR) is 65.5 cm³/mol. The molecule has 1 N–H and O–H groups in total. The van der Waals surface area contributed by atoms with Crippen LogP contribution in [0.4, 0.5) is 14.5 Å². The van der Waals surface area contributed by atoms with Crippen LogP contribution in [0.15, 0.2) is 12.1 Å². The summed E-state index contributed by atoms with van der Waals surface area (Å²) >= 11 is 0. The highest BCUT2D eigenvalue weighted by Gasteiger charge is 2.12. The van der Waals surface area contributed by atoms with Crippen LogP contribution in [-0.2, 0) is 9.53 Å². The molecule has 0 saturated carbocycles. The summed E-state index contributed by atoms with van der Waals surface area (Å²) in [7, 11) is 0. The second-order valence-electron chi connectivity index (χ2n) is 3.98. The molecule has 5 heteroatoms. The molecule has 0 radical (unpaired) electrons. The van der Waals surface area contributed by atoms with E-state index in [4.69, 9.17) is 4.74 Å². The van der Waals surface area contributed by atoms with Crippen LogP contribution in [0.5, 0.6) is 0 Å². The number of halogens is 2. The van der Waals surface area contributed by atoms with Crippen molar-refractivity contribution in [2.45, 2.75) is 26.7 Å². The molecular weight excluding hydrogens is 240 g/mol. The minimum Gasteiger partial charge on any atom is -0.464 e. The van der Waals surface area contributed by atoms with Gasteiger partial charge in [-0.3, -0.25) is 4.79 Å². The molecule has 0 fully saturated rings. The Hall–Kier alpha value is -1.65. The Morgan fingerprint density at radius 1 is 1.39 bits per heavy atom. The molecule has 0 unspecified atom stereocenters. The molecule has 3 nitrogen and oxygen atoms in total. The first-order valence-corrected chi connectivity index (χ1v) is 5.90. The maximum absolute atomic E-state index is 13.6. The first-order chi connectivity index (χ1) is 8.56. The van der Waals surface area contributed by atoms with Gasteiger partial charge in [-0.15, -0.1) is 0 Å². The molecule has 0 aliphatic heterocycles. The average molecular weight is 257 g/mol. The van der Waals surface area contributed by atoms with Gasteiger partial charge < -0.3 is 10.1 Å². The number of aryl methyl sites for hydroxylation is 1. The highest BCUT2D eigenvalue weighted by atomic mass is 19.1. The lowest BCUT2D eigenvalue weighted by Crippen LogP contribution is -2.18. The molecule has 0 aliphatic rings. The third-order valence-corrected chi connectivity index (χ3v) is 2.45. The van der Waals surface area contributed by atoms with E-state index in [0.717, 1.165) is 18.9 Å². The van der Waals surface area contributed by atoms with E-state index in [1.165, 1.54) is 13.0 Å². The molecule has 0 aromatic heterocycles. The highest BCUT2D eigenvalue weighted by molar-refractivity contribution is 5.75. The van der Waals surface area contributed by atoms with Crippen molar-refractivity contribution in [3.8, 4) is 0 Å². The van der Waals surface area contributed by atoms with Crippen molar-refractivity contribution < 1.29 is 18.3 Å². The van der Waals surface area contributed by atoms with Crippen molar-refractivity contribution >= 4 is 11.7 Å². The maximum atomic E-state index is 13.6. The molecule has 0 atom stereocenters. The second-order valence-corrected chi connectivity index (χ2v) is 3.98. The van der Waals surface area contributed by atoms with Gasteiger partial charge in [0.05, 0.1) is 6.61 Å². The molecule has 1 aromatic carbocycles. The molecule has 100 valence electrons. The van der Waals surface area contributed by atoms with Crippen molar-refractivity contribution in [1.29, 1.82) is 0 Å². The summed E-state index contributed by atoms with van der Waals surface area (Å²) in [5.74, 6) is -1.93. The van der Waals surface area contributed by atoms with E-state index in [1.54, 1.807) is 0 Å². The Morgan fingerprint density at radius 2 is 2.11 bits per heavy atom. The van der Waals surface area contributed by atoms with Gasteiger partial charge in [0.25, 0.3) is 0 Å². The molecule has 0 amide bonds. The van der Waals surface area contributed by atoms with E-state index < -0.39 is 17.6 Å². The van der Waals surface area contributed by atoms with E-state index in [1.807, 2.05) is 6.92 Å². The van der Waals surface area contributed by atoms with Crippen molar-refractivity contribution in [1.82, 2.24) is 0 Å². The van der Waals surface area contributed by atoms with Crippen molar-refractivity contribution in [3.63, 3.8) is 0 Å². The Bertz CT molecular complexity index is 422. The lowest BCUT2D eigenvalue weighted by Gasteiger charge is -2.10. The molecule has 0 heterocycles.